The molecule has 0 amide bonds. The van der Waals surface area contributed by atoms with Crippen LogP contribution in [-0.2, 0) is 12.1 Å². The fourth-order valence-electron chi connectivity index (χ4n) is 2.38. The number of hydrogen-bond donors (Lipinski definition) is 1. The molecular formula is C18H15Cl2N3O. The number of rotatable bonds is 5. The minimum Gasteiger partial charge on any atom is -0.379 e. The van der Waals surface area contributed by atoms with Gasteiger partial charge >= 0.3 is 0 Å². The van der Waals surface area contributed by atoms with E-state index in [1.54, 1.807) is 66.0 Å². The first-order chi connectivity index (χ1) is 11.6. The molecule has 0 aliphatic carbocycles. The van der Waals surface area contributed by atoms with Gasteiger partial charge in [-0.1, -0.05) is 41.4 Å². The zero-order valence-corrected chi connectivity index (χ0v) is 14.2. The fourth-order valence-corrected chi connectivity index (χ4v) is 2.85. The summed E-state index contributed by atoms with van der Waals surface area (Å²) in [7, 11) is 0. The molecule has 1 N–H and O–H groups in total. The number of imidazole rings is 1. The summed E-state index contributed by atoms with van der Waals surface area (Å²) in [5.74, 6) is 0. The second-order valence-corrected chi connectivity index (χ2v) is 6.24. The molecule has 3 rings (SSSR count). The van der Waals surface area contributed by atoms with Crippen molar-refractivity contribution in [3.8, 4) is 0 Å². The molecule has 24 heavy (non-hydrogen) atoms. The number of nitrogens with zero attached hydrogens (tertiary/aromatic N) is 3. The fraction of sp³-hybridized carbons (Fsp3) is 0.111. The van der Waals surface area contributed by atoms with Crippen molar-refractivity contribution in [2.75, 3.05) is 0 Å². The smallest absolute Gasteiger partial charge is 0.127 e. The maximum atomic E-state index is 11.2. The molecule has 0 radical (unpaired) electrons. The molecule has 122 valence electrons. The van der Waals surface area contributed by atoms with E-state index < -0.39 is 5.60 Å². The SMILES string of the molecule is O[C@](/C=C/c1ccc(Cl)cc1Cl)(Cn1ccnc1)c1cccnc1. The minimum atomic E-state index is -1.25. The van der Waals surface area contributed by atoms with Crippen LogP contribution in [0.1, 0.15) is 11.1 Å². The standard InChI is InChI=1S/C18H15Cl2N3O/c19-16-4-3-14(17(20)10-16)5-6-18(24,12-23-9-8-22-13-23)15-2-1-7-21-11-15/h1-11,13,24H,12H2/b6-5+/t18-/m1/s1. The minimum absolute atomic E-state index is 0.306. The molecule has 0 saturated carbocycles. The van der Waals surface area contributed by atoms with Gasteiger partial charge in [0, 0.05) is 40.4 Å². The van der Waals surface area contributed by atoms with Crippen LogP contribution in [0, 0.1) is 0 Å². The zero-order valence-electron chi connectivity index (χ0n) is 12.7. The van der Waals surface area contributed by atoms with Gasteiger partial charge in [-0.25, -0.2) is 4.98 Å². The normalized spacial score (nSPS) is 14.0. The molecule has 2 heterocycles. The Kier molecular flexibility index (Phi) is 5.00. The highest BCUT2D eigenvalue weighted by Crippen LogP contribution is 2.28. The average molecular weight is 360 g/mol. The van der Waals surface area contributed by atoms with Crippen LogP contribution in [0.25, 0.3) is 6.08 Å². The van der Waals surface area contributed by atoms with Gasteiger partial charge in [0.15, 0.2) is 0 Å². The van der Waals surface area contributed by atoms with Crippen LogP contribution in [0.2, 0.25) is 10.0 Å². The van der Waals surface area contributed by atoms with E-state index in [-0.39, 0.29) is 0 Å². The second kappa shape index (κ2) is 7.18. The molecule has 0 unspecified atom stereocenters. The summed E-state index contributed by atoms with van der Waals surface area (Å²) in [5.41, 5.74) is 0.201. The van der Waals surface area contributed by atoms with Gasteiger partial charge in [-0.05, 0) is 29.8 Å². The Balaban J connectivity index is 1.96. The van der Waals surface area contributed by atoms with Crippen molar-refractivity contribution in [3.63, 3.8) is 0 Å². The molecule has 1 atom stereocenters. The Morgan fingerprint density at radius 3 is 2.71 bits per heavy atom. The summed E-state index contributed by atoms with van der Waals surface area (Å²) in [6, 6.07) is 8.85. The van der Waals surface area contributed by atoms with Gasteiger partial charge < -0.3 is 9.67 Å². The predicted molar refractivity (Wildman–Crippen MR) is 95.9 cm³/mol. The van der Waals surface area contributed by atoms with Crippen LogP contribution in [0.4, 0.5) is 0 Å². The second-order valence-electron chi connectivity index (χ2n) is 5.40. The van der Waals surface area contributed by atoms with Crippen LogP contribution in [0.3, 0.4) is 0 Å². The molecule has 4 nitrogen and oxygen atoms in total. The third kappa shape index (κ3) is 3.85. The van der Waals surface area contributed by atoms with Crippen molar-refractivity contribution in [1.82, 2.24) is 14.5 Å². The molecule has 1 aromatic carbocycles. The quantitative estimate of drug-likeness (QED) is 0.742. The highest BCUT2D eigenvalue weighted by molar-refractivity contribution is 6.35. The summed E-state index contributed by atoms with van der Waals surface area (Å²) in [6.45, 7) is 0.306. The van der Waals surface area contributed by atoms with Crippen molar-refractivity contribution >= 4 is 29.3 Å². The molecule has 0 aliphatic heterocycles. The van der Waals surface area contributed by atoms with Crippen LogP contribution in [0.5, 0.6) is 0 Å². The molecule has 0 saturated heterocycles. The maximum Gasteiger partial charge on any atom is 0.127 e. The topological polar surface area (TPSA) is 50.9 Å². The van der Waals surface area contributed by atoms with Gasteiger partial charge in [0.25, 0.3) is 0 Å². The Hall–Kier alpha value is -2.14. The van der Waals surface area contributed by atoms with Crippen LogP contribution < -0.4 is 0 Å². The third-order valence-electron chi connectivity index (χ3n) is 3.65. The van der Waals surface area contributed by atoms with E-state index in [1.165, 1.54) is 0 Å². The molecule has 0 bridgehead atoms. The summed E-state index contributed by atoms with van der Waals surface area (Å²) in [4.78, 5) is 8.12. The lowest BCUT2D eigenvalue weighted by Gasteiger charge is -2.25. The number of pyridine rings is 1. The number of aliphatic hydroxyl groups is 1. The largest absolute Gasteiger partial charge is 0.379 e. The van der Waals surface area contributed by atoms with E-state index in [1.807, 2.05) is 12.1 Å². The lowest BCUT2D eigenvalue weighted by Crippen LogP contribution is -2.29. The van der Waals surface area contributed by atoms with Gasteiger partial charge in [0.1, 0.15) is 5.60 Å². The average Bonchev–Trinajstić information content (AvgIpc) is 3.07. The molecule has 3 aromatic rings. The van der Waals surface area contributed by atoms with Crippen LogP contribution in [-0.4, -0.2) is 19.6 Å². The van der Waals surface area contributed by atoms with E-state index in [0.717, 1.165) is 5.56 Å². The van der Waals surface area contributed by atoms with Gasteiger partial charge in [0.2, 0.25) is 0 Å². The van der Waals surface area contributed by atoms with Crippen molar-refractivity contribution in [1.29, 1.82) is 0 Å². The Labute approximate surface area is 150 Å². The first-order valence-electron chi connectivity index (χ1n) is 7.30. The van der Waals surface area contributed by atoms with Crippen molar-refractivity contribution in [2.45, 2.75) is 12.1 Å². The molecular weight excluding hydrogens is 345 g/mol. The summed E-state index contributed by atoms with van der Waals surface area (Å²) in [5, 5.41) is 12.3. The first-order valence-corrected chi connectivity index (χ1v) is 8.05. The molecule has 0 aliphatic rings. The molecule has 2 aromatic heterocycles. The Bertz CT molecular complexity index is 835. The molecule has 0 spiro atoms. The van der Waals surface area contributed by atoms with Gasteiger partial charge in [-0.3, -0.25) is 4.98 Å². The summed E-state index contributed by atoms with van der Waals surface area (Å²) in [6.07, 6.45) is 11.9. The van der Waals surface area contributed by atoms with E-state index in [2.05, 4.69) is 9.97 Å². The molecule has 0 fully saturated rings. The van der Waals surface area contributed by atoms with Crippen LogP contribution >= 0.6 is 23.2 Å². The lowest BCUT2D eigenvalue weighted by atomic mass is 9.93. The van der Waals surface area contributed by atoms with Crippen LogP contribution in [0.15, 0.2) is 67.5 Å². The Morgan fingerprint density at radius 2 is 2.04 bits per heavy atom. The number of aromatic nitrogens is 3. The van der Waals surface area contributed by atoms with E-state index in [0.29, 0.717) is 22.2 Å². The molecule has 6 heteroatoms. The lowest BCUT2D eigenvalue weighted by molar-refractivity contribution is 0.0701. The van der Waals surface area contributed by atoms with Gasteiger partial charge in [0.05, 0.1) is 12.9 Å². The summed E-state index contributed by atoms with van der Waals surface area (Å²) < 4.78 is 1.81. The maximum absolute atomic E-state index is 11.2. The van der Waals surface area contributed by atoms with Crippen molar-refractivity contribution < 1.29 is 5.11 Å². The van der Waals surface area contributed by atoms with Gasteiger partial charge in [-0.2, -0.15) is 0 Å². The van der Waals surface area contributed by atoms with E-state index in [4.69, 9.17) is 23.2 Å². The number of hydrogen-bond acceptors (Lipinski definition) is 3. The highest BCUT2D eigenvalue weighted by atomic mass is 35.5. The van der Waals surface area contributed by atoms with Crippen molar-refractivity contribution in [2.24, 2.45) is 0 Å². The Morgan fingerprint density at radius 1 is 1.17 bits per heavy atom. The highest BCUT2D eigenvalue weighted by Gasteiger charge is 2.27. The first kappa shape index (κ1) is 16.7. The summed E-state index contributed by atoms with van der Waals surface area (Å²) >= 11 is 12.1. The number of halogens is 2. The van der Waals surface area contributed by atoms with Crippen molar-refractivity contribution in [3.05, 3.63) is 88.7 Å². The monoisotopic (exact) mass is 359 g/mol. The third-order valence-corrected chi connectivity index (χ3v) is 4.21. The van der Waals surface area contributed by atoms with E-state index in [9.17, 15) is 5.11 Å². The zero-order chi connectivity index (χ0) is 17.0. The van der Waals surface area contributed by atoms with Gasteiger partial charge in [-0.15, -0.1) is 0 Å². The number of benzene rings is 1. The predicted octanol–water partition coefficient (Wildman–Crippen LogP) is 4.19. The van der Waals surface area contributed by atoms with E-state index >= 15 is 0 Å².